The third-order valence-electron chi connectivity index (χ3n) is 2.52. The van der Waals surface area contributed by atoms with Gasteiger partial charge in [0.2, 0.25) is 5.91 Å². The summed E-state index contributed by atoms with van der Waals surface area (Å²) >= 11 is 0. The van der Waals surface area contributed by atoms with Crippen molar-refractivity contribution in [3.05, 3.63) is 23.9 Å². The Bertz CT molecular complexity index is 364. The van der Waals surface area contributed by atoms with E-state index in [9.17, 15) is 4.79 Å². The molecule has 1 unspecified atom stereocenters. The molecule has 4 nitrogen and oxygen atoms in total. The van der Waals surface area contributed by atoms with Crippen LogP contribution in [0.25, 0.3) is 0 Å². The SMILES string of the molecule is Cc1cccc(N2CCC2C(N)=O)n1. The zero-order valence-electron chi connectivity index (χ0n) is 8.10. The van der Waals surface area contributed by atoms with Crippen molar-refractivity contribution in [2.24, 2.45) is 5.73 Å². The summed E-state index contributed by atoms with van der Waals surface area (Å²) in [5.41, 5.74) is 6.21. The summed E-state index contributed by atoms with van der Waals surface area (Å²) in [6, 6.07) is 5.61. The zero-order chi connectivity index (χ0) is 10.1. The van der Waals surface area contributed by atoms with E-state index in [1.807, 2.05) is 30.0 Å². The summed E-state index contributed by atoms with van der Waals surface area (Å²) in [4.78, 5) is 17.3. The van der Waals surface area contributed by atoms with Crippen molar-refractivity contribution < 1.29 is 4.79 Å². The van der Waals surface area contributed by atoms with Crippen LogP contribution in [-0.2, 0) is 4.79 Å². The zero-order valence-corrected chi connectivity index (χ0v) is 8.10. The van der Waals surface area contributed by atoms with E-state index in [2.05, 4.69) is 4.98 Å². The van der Waals surface area contributed by atoms with Gasteiger partial charge in [-0.15, -0.1) is 0 Å². The first-order chi connectivity index (χ1) is 6.68. The van der Waals surface area contributed by atoms with E-state index in [0.29, 0.717) is 0 Å². The van der Waals surface area contributed by atoms with Gasteiger partial charge in [0.1, 0.15) is 11.9 Å². The number of pyridine rings is 1. The van der Waals surface area contributed by atoms with E-state index in [4.69, 9.17) is 5.73 Å². The Hall–Kier alpha value is -1.58. The van der Waals surface area contributed by atoms with Gasteiger partial charge in [0.15, 0.2) is 0 Å². The van der Waals surface area contributed by atoms with E-state index in [1.165, 1.54) is 0 Å². The molecule has 1 fully saturated rings. The maximum absolute atomic E-state index is 11.0. The summed E-state index contributed by atoms with van der Waals surface area (Å²) in [6.07, 6.45) is 0.838. The number of amides is 1. The summed E-state index contributed by atoms with van der Waals surface area (Å²) in [7, 11) is 0. The molecular weight excluding hydrogens is 178 g/mol. The summed E-state index contributed by atoms with van der Waals surface area (Å²) in [6.45, 7) is 2.80. The quantitative estimate of drug-likeness (QED) is 0.738. The minimum absolute atomic E-state index is 0.163. The lowest BCUT2D eigenvalue weighted by atomic mass is 10.0. The molecule has 1 aromatic rings. The van der Waals surface area contributed by atoms with Crippen molar-refractivity contribution in [2.45, 2.75) is 19.4 Å². The molecule has 1 aliphatic rings. The van der Waals surface area contributed by atoms with Gasteiger partial charge in [-0.3, -0.25) is 4.79 Å². The molecular formula is C10H13N3O. The lowest BCUT2D eigenvalue weighted by Gasteiger charge is -2.39. The van der Waals surface area contributed by atoms with E-state index >= 15 is 0 Å². The Morgan fingerprint density at radius 1 is 1.64 bits per heavy atom. The molecule has 1 atom stereocenters. The molecule has 2 heterocycles. The van der Waals surface area contributed by atoms with Crippen LogP contribution in [0.4, 0.5) is 5.82 Å². The van der Waals surface area contributed by atoms with Crippen molar-refractivity contribution in [3.8, 4) is 0 Å². The number of carbonyl (C=O) groups excluding carboxylic acids is 1. The molecule has 0 saturated carbocycles. The molecule has 0 radical (unpaired) electrons. The molecule has 0 spiro atoms. The second-order valence-corrected chi connectivity index (χ2v) is 3.54. The average molecular weight is 191 g/mol. The highest BCUT2D eigenvalue weighted by Crippen LogP contribution is 2.24. The minimum Gasteiger partial charge on any atom is -0.368 e. The largest absolute Gasteiger partial charge is 0.368 e. The topological polar surface area (TPSA) is 59.2 Å². The Kier molecular flexibility index (Phi) is 2.11. The smallest absolute Gasteiger partial charge is 0.240 e. The second-order valence-electron chi connectivity index (χ2n) is 3.54. The van der Waals surface area contributed by atoms with Crippen LogP contribution in [0.5, 0.6) is 0 Å². The van der Waals surface area contributed by atoms with Crippen molar-refractivity contribution in [3.63, 3.8) is 0 Å². The van der Waals surface area contributed by atoms with Crippen LogP contribution in [0.1, 0.15) is 12.1 Å². The minimum atomic E-state index is -0.264. The van der Waals surface area contributed by atoms with Crippen LogP contribution in [0.2, 0.25) is 0 Å². The predicted molar refractivity (Wildman–Crippen MR) is 53.9 cm³/mol. The van der Waals surface area contributed by atoms with Crippen molar-refractivity contribution >= 4 is 11.7 Å². The summed E-state index contributed by atoms with van der Waals surface area (Å²) in [5.74, 6) is 0.583. The molecule has 14 heavy (non-hydrogen) atoms. The van der Waals surface area contributed by atoms with Gasteiger partial charge in [-0.05, 0) is 25.5 Å². The predicted octanol–water partition coefficient (Wildman–Crippen LogP) is 0.454. The van der Waals surface area contributed by atoms with Gasteiger partial charge in [-0.25, -0.2) is 4.98 Å². The third kappa shape index (κ3) is 1.43. The van der Waals surface area contributed by atoms with E-state index in [0.717, 1.165) is 24.5 Å². The van der Waals surface area contributed by atoms with Crippen LogP contribution in [0.3, 0.4) is 0 Å². The van der Waals surface area contributed by atoms with Crippen LogP contribution in [0.15, 0.2) is 18.2 Å². The Balaban J connectivity index is 2.20. The fourth-order valence-electron chi connectivity index (χ4n) is 1.65. The second kappa shape index (κ2) is 3.29. The fourth-order valence-corrected chi connectivity index (χ4v) is 1.65. The third-order valence-corrected chi connectivity index (χ3v) is 2.52. The number of nitrogens with two attached hydrogens (primary N) is 1. The lowest BCUT2D eigenvalue weighted by molar-refractivity contribution is -0.120. The maximum atomic E-state index is 11.0. The van der Waals surface area contributed by atoms with E-state index in [1.54, 1.807) is 0 Å². The standard InChI is InChI=1S/C10H13N3O/c1-7-3-2-4-9(12-7)13-6-5-8(13)10(11)14/h2-4,8H,5-6H2,1H3,(H2,11,14). The normalized spacial score (nSPS) is 20.4. The van der Waals surface area contributed by atoms with E-state index < -0.39 is 0 Å². The highest BCUT2D eigenvalue weighted by Gasteiger charge is 2.33. The van der Waals surface area contributed by atoms with Gasteiger partial charge >= 0.3 is 0 Å². The van der Waals surface area contributed by atoms with Gasteiger partial charge in [0, 0.05) is 12.2 Å². The monoisotopic (exact) mass is 191 g/mol. The van der Waals surface area contributed by atoms with E-state index in [-0.39, 0.29) is 11.9 Å². The molecule has 1 aliphatic heterocycles. The number of hydrogen-bond acceptors (Lipinski definition) is 3. The molecule has 2 rings (SSSR count). The number of aromatic nitrogens is 1. The Labute approximate surface area is 82.7 Å². The molecule has 2 N–H and O–H groups in total. The number of aryl methyl sites for hydroxylation is 1. The number of primary amides is 1. The summed E-state index contributed by atoms with van der Waals surface area (Å²) < 4.78 is 0. The molecule has 1 amide bonds. The molecule has 0 bridgehead atoms. The highest BCUT2D eigenvalue weighted by atomic mass is 16.1. The number of nitrogens with zero attached hydrogens (tertiary/aromatic N) is 2. The fraction of sp³-hybridized carbons (Fsp3) is 0.400. The van der Waals surface area contributed by atoms with Crippen molar-refractivity contribution in [1.29, 1.82) is 0 Å². The van der Waals surface area contributed by atoms with Gasteiger partial charge < -0.3 is 10.6 Å². The first-order valence-corrected chi connectivity index (χ1v) is 4.68. The summed E-state index contributed by atoms with van der Waals surface area (Å²) in [5, 5.41) is 0. The molecule has 1 saturated heterocycles. The van der Waals surface area contributed by atoms with Gasteiger partial charge in [-0.2, -0.15) is 0 Å². The maximum Gasteiger partial charge on any atom is 0.240 e. The van der Waals surface area contributed by atoms with Gasteiger partial charge in [-0.1, -0.05) is 6.07 Å². The molecule has 1 aromatic heterocycles. The first-order valence-electron chi connectivity index (χ1n) is 4.68. The van der Waals surface area contributed by atoms with Gasteiger partial charge in [0.05, 0.1) is 0 Å². The van der Waals surface area contributed by atoms with Crippen LogP contribution < -0.4 is 10.6 Å². The molecule has 0 aromatic carbocycles. The molecule has 0 aliphatic carbocycles. The Morgan fingerprint density at radius 2 is 2.43 bits per heavy atom. The highest BCUT2D eigenvalue weighted by molar-refractivity contribution is 5.85. The molecule has 4 heteroatoms. The number of hydrogen-bond donors (Lipinski definition) is 1. The number of carbonyl (C=O) groups is 1. The molecule has 74 valence electrons. The number of anilines is 1. The number of rotatable bonds is 2. The van der Waals surface area contributed by atoms with Crippen LogP contribution in [-0.4, -0.2) is 23.5 Å². The van der Waals surface area contributed by atoms with Crippen molar-refractivity contribution in [2.75, 3.05) is 11.4 Å². The van der Waals surface area contributed by atoms with Gasteiger partial charge in [0.25, 0.3) is 0 Å². The van der Waals surface area contributed by atoms with Crippen molar-refractivity contribution in [1.82, 2.24) is 4.98 Å². The van der Waals surface area contributed by atoms with Crippen LogP contribution >= 0.6 is 0 Å². The van der Waals surface area contributed by atoms with Crippen LogP contribution in [0, 0.1) is 6.92 Å². The first kappa shape index (κ1) is 8.99. The lowest BCUT2D eigenvalue weighted by Crippen LogP contribution is -2.55. The Morgan fingerprint density at radius 3 is 2.93 bits per heavy atom. The average Bonchev–Trinajstić information content (AvgIpc) is 2.00.